The maximum atomic E-state index is 10.6. The molecule has 1 heterocycles. The van der Waals surface area contributed by atoms with Crippen molar-refractivity contribution >= 4 is 11.7 Å². The molecule has 2 rings (SSSR count). The zero-order valence-corrected chi connectivity index (χ0v) is 10.9. The SMILES string of the molecule is N[C@H](CC(=O)O)Cc1ccc(N2CCOCC2)cc1. The van der Waals surface area contributed by atoms with E-state index in [-0.39, 0.29) is 12.5 Å². The summed E-state index contributed by atoms with van der Waals surface area (Å²) in [6.07, 6.45) is 0.598. The van der Waals surface area contributed by atoms with Gasteiger partial charge in [0, 0.05) is 24.8 Å². The van der Waals surface area contributed by atoms with E-state index in [0.29, 0.717) is 6.42 Å². The Morgan fingerprint density at radius 2 is 1.95 bits per heavy atom. The van der Waals surface area contributed by atoms with Crippen molar-refractivity contribution in [2.24, 2.45) is 5.73 Å². The van der Waals surface area contributed by atoms with Gasteiger partial charge < -0.3 is 20.5 Å². The molecule has 0 aromatic heterocycles. The lowest BCUT2D eigenvalue weighted by Crippen LogP contribution is -2.36. The molecule has 5 heteroatoms. The number of morpholine rings is 1. The van der Waals surface area contributed by atoms with Crippen LogP contribution < -0.4 is 10.6 Å². The quantitative estimate of drug-likeness (QED) is 0.825. The van der Waals surface area contributed by atoms with E-state index in [1.807, 2.05) is 12.1 Å². The van der Waals surface area contributed by atoms with Gasteiger partial charge in [-0.15, -0.1) is 0 Å². The highest BCUT2D eigenvalue weighted by molar-refractivity contribution is 5.67. The van der Waals surface area contributed by atoms with Gasteiger partial charge >= 0.3 is 5.97 Å². The van der Waals surface area contributed by atoms with Crippen LogP contribution in [0.2, 0.25) is 0 Å². The normalized spacial score (nSPS) is 17.2. The van der Waals surface area contributed by atoms with Gasteiger partial charge in [-0.3, -0.25) is 4.79 Å². The van der Waals surface area contributed by atoms with Crippen molar-refractivity contribution < 1.29 is 14.6 Å². The van der Waals surface area contributed by atoms with Crippen molar-refractivity contribution in [1.29, 1.82) is 0 Å². The number of carboxylic acid groups (broad SMARTS) is 1. The second-order valence-corrected chi connectivity index (χ2v) is 4.83. The second kappa shape index (κ2) is 6.54. The number of anilines is 1. The van der Waals surface area contributed by atoms with Gasteiger partial charge in [-0.05, 0) is 24.1 Å². The Morgan fingerprint density at radius 1 is 1.32 bits per heavy atom. The number of hydrogen-bond acceptors (Lipinski definition) is 4. The van der Waals surface area contributed by atoms with Crippen molar-refractivity contribution in [3.8, 4) is 0 Å². The van der Waals surface area contributed by atoms with E-state index in [4.69, 9.17) is 15.6 Å². The van der Waals surface area contributed by atoms with Gasteiger partial charge in [0.25, 0.3) is 0 Å². The topological polar surface area (TPSA) is 75.8 Å². The number of hydrogen-bond donors (Lipinski definition) is 2. The molecule has 0 spiro atoms. The summed E-state index contributed by atoms with van der Waals surface area (Å²) in [7, 11) is 0. The zero-order chi connectivity index (χ0) is 13.7. The fraction of sp³-hybridized carbons (Fsp3) is 0.500. The maximum Gasteiger partial charge on any atom is 0.304 e. The minimum absolute atomic E-state index is 0.00517. The van der Waals surface area contributed by atoms with Crippen molar-refractivity contribution in [2.75, 3.05) is 31.2 Å². The van der Waals surface area contributed by atoms with E-state index in [0.717, 1.165) is 31.9 Å². The Bertz CT molecular complexity index is 413. The molecule has 1 aromatic rings. The highest BCUT2D eigenvalue weighted by atomic mass is 16.5. The molecule has 0 amide bonds. The van der Waals surface area contributed by atoms with Gasteiger partial charge in [-0.2, -0.15) is 0 Å². The lowest BCUT2D eigenvalue weighted by atomic mass is 10.0. The summed E-state index contributed by atoms with van der Waals surface area (Å²) in [5, 5.41) is 8.68. The molecule has 0 unspecified atom stereocenters. The lowest BCUT2D eigenvalue weighted by molar-refractivity contribution is -0.137. The highest BCUT2D eigenvalue weighted by Gasteiger charge is 2.12. The summed E-state index contributed by atoms with van der Waals surface area (Å²) in [4.78, 5) is 12.8. The average Bonchev–Trinajstić information content (AvgIpc) is 2.39. The Labute approximate surface area is 113 Å². The van der Waals surface area contributed by atoms with Crippen LogP contribution in [0.1, 0.15) is 12.0 Å². The number of carboxylic acids is 1. The number of nitrogens with zero attached hydrogens (tertiary/aromatic N) is 1. The molecule has 0 aliphatic carbocycles. The lowest BCUT2D eigenvalue weighted by Gasteiger charge is -2.29. The number of nitrogens with two attached hydrogens (primary N) is 1. The van der Waals surface area contributed by atoms with Crippen molar-refractivity contribution in [1.82, 2.24) is 0 Å². The van der Waals surface area contributed by atoms with E-state index >= 15 is 0 Å². The average molecular weight is 264 g/mol. The van der Waals surface area contributed by atoms with Crippen LogP contribution in [0.5, 0.6) is 0 Å². The second-order valence-electron chi connectivity index (χ2n) is 4.83. The summed E-state index contributed by atoms with van der Waals surface area (Å²) in [5.41, 5.74) is 8.03. The van der Waals surface area contributed by atoms with Gasteiger partial charge in [-0.25, -0.2) is 0 Å². The van der Waals surface area contributed by atoms with E-state index in [9.17, 15) is 4.79 Å². The number of carbonyl (C=O) groups is 1. The number of aliphatic carboxylic acids is 1. The number of ether oxygens (including phenoxy) is 1. The van der Waals surface area contributed by atoms with E-state index in [1.165, 1.54) is 5.69 Å². The van der Waals surface area contributed by atoms with Gasteiger partial charge in [-0.1, -0.05) is 12.1 Å². The fourth-order valence-corrected chi connectivity index (χ4v) is 2.26. The van der Waals surface area contributed by atoms with Gasteiger partial charge in [0.1, 0.15) is 0 Å². The predicted molar refractivity (Wildman–Crippen MR) is 73.4 cm³/mol. The molecule has 1 fully saturated rings. The van der Waals surface area contributed by atoms with Crippen LogP contribution in [0.4, 0.5) is 5.69 Å². The zero-order valence-electron chi connectivity index (χ0n) is 10.9. The maximum absolute atomic E-state index is 10.6. The van der Waals surface area contributed by atoms with E-state index in [2.05, 4.69) is 17.0 Å². The number of rotatable bonds is 5. The fourth-order valence-electron chi connectivity index (χ4n) is 2.26. The van der Waals surface area contributed by atoms with Crippen LogP contribution in [0.15, 0.2) is 24.3 Å². The van der Waals surface area contributed by atoms with Crippen LogP contribution in [-0.2, 0) is 16.0 Å². The Morgan fingerprint density at radius 3 is 2.53 bits per heavy atom. The molecule has 19 heavy (non-hydrogen) atoms. The standard InChI is InChI=1S/C14H20N2O3/c15-12(10-14(17)18)9-11-1-3-13(4-2-11)16-5-7-19-8-6-16/h1-4,12H,5-10,15H2,(H,17,18)/t12-/m0/s1. The third kappa shape index (κ3) is 4.22. The molecule has 0 bridgehead atoms. The van der Waals surface area contributed by atoms with Gasteiger partial charge in [0.05, 0.1) is 19.6 Å². The molecular weight excluding hydrogens is 244 g/mol. The molecule has 1 aromatic carbocycles. The molecule has 104 valence electrons. The molecule has 0 radical (unpaired) electrons. The summed E-state index contributed by atoms with van der Waals surface area (Å²) in [5.74, 6) is -0.850. The smallest absolute Gasteiger partial charge is 0.304 e. The molecule has 1 atom stereocenters. The number of benzene rings is 1. The van der Waals surface area contributed by atoms with Crippen LogP contribution in [0, 0.1) is 0 Å². The monoisotopic (exact) mass is 264 g/mol. The Balaban J connectivity index is 1.92. The predicted octanol–water partition coefficient (Wildman–Crippen LogP) is 0.868. The van der Waals surface area contributed by atoms with E-state index in [1.54, 1.807) is 0 Å². The van der Waals surface area contributed by atoms with Crippen molar-refractivity contribution in [3.63, 3.8) is 0 Å². The Hall–Kier alpha value is -1.59. The molecule has 1 saturated heterocycles. The summed E-state index contributed by atoms with van der Waals surface area (Å²) < 4.78 is 5.32. The minimum Gasteiger partial charge on any atom is -0.481 e. The molecule has 1 aliphatic heterocycles. The van der Waals surface area contributed by atoms with Crippen LogP contribution in [0.25, 0.3) is 0 Å². The molecule has 5 nitrogen and oxygen atoms in total. The van der Waals surface area contributed by atoms with Crippen molar-refractivity contribution in [2.45, 2.75) is 18.9 Å². The summed E-state index contributed by atoms with van der Waals surface area (Å²) in [6, 6.07) is 7.84. The van der Waals surface area contributed by atoms with Gasteiger partial charge in [0.15, 0.2) is 0 Å². The Kier molecular flexibility index (Phi) is 4.76. The molecule has 3 N–H and O–H groups in total. The van der Waals surface area contributed by atoms with Gasteiger partial charge in [0.2, 0.25) is 0 Å². The first-order valence-corrected chi connectivity index (χ1v) is 6.54. The molecule has 0 saturated carbocycles. The van der Waals surface area contributed by atoms with Crippen LogP contribution in [-0.4, -0.2) is 43.4 Å². The van der Waals surface area contributed by atoms with Crippen LogP contribution >= 0.6 is 0 Å². The summed E-state index contributed by atoms with van der Waals surface area (Å²) >= 11 is 0. The van der Waals surface area contributed by atoms with Crippen LogP contribution in [0.3, 0.4) is 0 Å². The molecule has 1 aliphatic rings. The first-order chi connectivity index (χ1) is 9.15. The minimum atomic E-state index is -0.850. The third-order valence-corrected chi connectivity index (χ3v) is 3.25. The van der Waals surface area contributed by atoms with Crippen molar-refractivity contribution in [3.05, 3.63) is 29.8 Å². The van der Waals surface area contributed by atoms with E-state index < -0.39 is 5.97 Å². The first-order valence-electron chi connectivity index (χ1n) is 6.54. The summed E-state index contributed by atoms with van der Waals surface area (Å²) in [6.45, 7) is 3.37. The molecular formula is C14H20N2O3. The largest absolute Gasteiger partial charge is 0.481 e. The highest BCUT2D eigenvalue weighted by Crippen LogP contribution is 2.17. The first kappa shape index (κ1) is 13.8. The third-order valence-electron chi connectivity index (χ3n) is 3.25.